The molecular weight excluding hydrogens is 298 g/mol. The van der Waals surface area contributed by atoms with E-state index in [1.165, 1.54) is 0 Å². The summed E-state index contributed by atoms with van der Waals surface area (Å²) in [6, 6.07) is 7.98. The van der Waals surface area contributed by atoms with E-state index in [4.69, 9.17) is 22.9 Å². The van der Waals surface area contributed by atoms with Crippen LogP contribution in [0.3, 0.4) is 0 Å². The van der Waals surface area contributed by atoms with E-state index in [0.29, 0.717) is 4.99 Å². The Morgan fingerprint density at radius 3 is 2.38 bits per heavy atom. The zero-order valence-electron chi connectivity index (χ0n) is 12.9. The molecule has 0 saturated heterocycles. The minimum atomic E-state index is 0.103. The maximum atomic E-state index is 5.62. The van der Waals surface area contributed by atoms with Gasteiger partial charge in [0.2, 0.25) is 0 Å². The summed E-state index contributed by atoms with van der Waals surface area (Å²) in [7, 11) is 2.06. The third kappa shape index (κ3) is 4.02. The highest BCUT2D eigenvalue weighted by atomic mass is 32.1. The molecule has 0 aliphatic heterocycles. The Morgan fingerprint density at radius 1 is 1.29 bits per heavy atom. The van der Waals surface area contributed by atoms with Gasteiger partial charge in [0.1, 0.15) is 10.00 Å². The molecule has 2 rings (SSSR count). The van der Waals surface area contributed by atoms with Gasteiger partial charge in [0.05, 0.1) is 12.2 Å². The first-order chi connectivity index (χ1) is 9.77. The van der Waals surface area contributed by atoms with E-state index in [1.54, 1.807) is 11.3 Å². The minimum absolute atomic E-state index is 0.103. The quantitative estimate of drug-likeness (QED) is 0.872. The number of hydrogen-bond donors (Lipinski definition) is 1. The molecular formula is C16H21N3S2. The maximum absolute atomic E-state index is 5.62. The lowest BCUT2D eigenvalue weighted by Crippen LogP contribution is -2.17. The van der Waals surface area contributed by atoms with Crippen molar-refractivity contribution in [2.75, 3.05) is 11.9 Å². The summed E-state index contributed by atoms with van der Waals surface area (Å²) in [5.74, 6) is 0. The molecule has 5 heteroatoms. The molecule has 0 unspecified atom stereocenters. The van der Waals surface area contributed by atoms with Crippen molar-refractivity contribution in [2.45, 2.75) is 32.7 Å². The lowest BCUT2D eigenvalue weighted by molar-refractivity contribution is 0.570. The molecule has 0 aliphatic rings. The van der Waals surface area contributed by atoms with Crippen molar-refractivity contribution in [1.29, 1.82) is 0 Å². The van der Waals surface area contributed by atoms with Gasteiger partial charge in [-0.05, 0) is 24.3 Å². The number of benzene rings is 1. The monoisotopic (exact) mass is 319 g/mol. The number of anilines is 1. The zero-order valence-corrected chi connectivity index (χ0v) is 14.5. The Bertz CT molecular complexity index is 624. The highest BCUT2D eigenvalue weighted by molar-refractivity contribution is 7.80. The fraction of sp³-hybridized carbons (Fsp3) is 0.375. The van der Waals surface area contributed by atoms with E-state index in [2.05, 4.69) is 38.1 Å². The third-order valence-corrected chi connectivity index (χ3v) is 4.35. The lowest BCUT2D eigenvalue weighted by Gasteiger charge is -2.18. The number of thiazole rings is 1. The SMILES string of the molecule is CN(Cc1nc(C(C)(C)C)cs1)c1ccc(C(N)=S)cc1. The number of nitrogens with two attached hydrogens (primary N) is 1. The summed E-state index contributed by atoms with van der Waals surface area (Å²) in [4.78, 5) is 7.33. The number of hydrogen-bond acceptors (Lipinski definition) is 4. The molecule has 0 radical (unpaired) electrons. The summed E-state index contributed by atoms with van der Waals surface area (Å²) >= 11 is 6.68. The molecule has 0 bridgehead atoms. The van der Waals surface area contributed by atoms with Crippen LogP contribution in [0.2, 0.25) is 0 Å². The molecule has 1 heterocycles. The molecule has 1 aromatic heterocycles. The van der Waals surface area contributed by atoms with Crippen LogP contribution >= 0.6 is 23.6 Å². The number of rotatable bonds is 4. The van der Waals surface area contributed by atoms with Crippen molar-refractivity contribution in [2.24, 2.45) is 5.73 Å². The van der Waals surface area contributed by atoms with Crippen LogP contribution in [0.5, 0.6) is 0 Å². The zero-order chi connectivity index (χ0) is 15.6. The highest BCUT2D eigenvalue weighted by Gasteiger charge is 2.17. The first kappa shape index (κ1) is 15.9. The van der Waals surface area contributed by atoms with Crippen LogP contribution in [-0.4, -0.2) is 17.0 Å². The van der Waals surface area contributed by atoms with Gasteiger partial charge in [-0.25, -0.2) is 4.98 Å². The van der Waals surface area contributed by atoms with Gasteiger partial charge in [0.15, 0.2) is 0 Å². The third-order valence-electron chi connectivity index (χ3n) is 3.29. The Kier molecular flexibility index (Phi) is 4.64. The fourth-order valence-corrected chi connectivity index (χ4v) is 3.11. The van der Waals surface area contributed by atoms with E-state index in [0.717, 1.165) is 28.5 Å². The smallest absolute Gasteiger partial charge is 0.112 e. The van der Waals surface area contributed by atoms with Gasteiger partial charge >= 0.3 is 0 Å². The van der Waals surface area contributed by atoms with E-state index < -0.39 is 0 Å². The standard InChI is InChI=1S/C16H21N3S2/c1-16(2,3)13-10-21-14(18-13)9-19(4)12-7-5-11(6-8-12)15(17)20/h5-8,10H,9H2,1-4H3,(H2,17,20). The second kappa shape index (κ2) is 6.12. The van der Waals surface area contributed by atoms with Crippen molar-refractivity contribution in [1.82, 2.24) is 4.98 Å². The van der Waals surface area contributed by atoms with Crippen LogP contribution in [-0.2, 0) is 12.0 Å². The van der Waals surface area contributed by atoms with Crippen LogP contribution in [0.4, 0.5) is 5.69 Å². The summed E-state index contributed by atoms with van der Waals surface area (Å²) < 4.78 is 0. The Balaban J connectivity index is 2.09. The number of nitrogens with zero attached hydrogens (tertiary/aromatic N) is 2. The summed E-state index contributed by atoms with van der Waals surface area (Å²) in [6.45, 7) is 7.35. The van der Waals surface area contributed by atoms with Gasteiger partial charge in [-0.15, -0.1) is 11.3 Å². The Labute approximate surface area is 135 Å². The molecule has 0 amide bonds. The van der Waals surface area contributed by atoms with Crippen molar-refractivity contribution in [3.63, 3.8) is 0 Å². The molecule has 21 heavy (non-hydrogen) atoms. The lowest BCUT2D eigenvalue weighted by atomic mass is 9.93. The Morgan fingerprint density at radius 2 is 1.90 bits per heavy atom. The van der Waals surface area contributed by atoms with Gasteiger partial charge in [0, 0.05) is 29.1 Å². The molecule has 2 aromatic rings. The normalized spacial score (nSPS) is 11.4. The average molecular weight is 319 g/mol. The van der Waals surface area contributed by atoms with Gasteiger partial charge in [-0.3, -0.25) is 0 Å². The molecule has 0 saturated carbocycles. The summed E-state index contributed by atoms with van der Waals surface area (Å²) in [6.07, 6.45) is 0. The van der Waals surface area contributed by atoms with Gasteiger partial charge in [0.25, 0.3) is 0 Å². The van der Waals surface area contributed by atoms with E-state index in [1.807, 2.05) is 24.3 Å². The number of aromatic nitrogens is 1. The van der Waals surface area contributed by atoms with Crippen LogP contribution in [0, 0.1) is 0 Å². The van der Waals surface area contributed by atoms with Crippen LogP contribution < -0.4 is 10.6 Å². The minimum Gasteiger partial charge on any atom is -0.389 e. The van der Waals surface area contributed by atoms with Crippen LogP contribution in [0.25, 0.3) is 0 Å². The van der Waals surface area contributed by atoms with E-state index in [9.17, 15) is 0 Å². The number of thiocarbonyl (C=S) groups is 1. The predicted octanol–water partition coefficient (Wildman–Crippen LogP) is 3.71. The highest BCUT2D eigenvalue weighted by Crippen LogP contribution is 2.25. The second-order valence-corrected chi connectivity index (χ2v) is 7.53. The topological polar surface area (TPSA) is 42.2 Å². The fourth-order valence-electron chi connectivity index (χ4n) is 1.90. The first-order valence-corrected chi connectivity index (χ1v) is 8.12. The molecule has 2 N–H and O–H groups in total. The van der Waals surface area contributed by atoms with Crippen molar-refractivity contribution < 1.29 is 0 Å². The van der Waals surface area contributed by atoms with E-state index >= 15 is 0 Å². The molecule has 1 aromatic carbocycles. The first-order valence-electron chi connectivity index (χ1n) is 6.83. The maximum Gasteiger partial charge on any atom is 0.112 e. The van der Waals surface area contributed by atoms with Gasteiger partial charge in [-0.2, -0.15) is 0 Å². The van der Waals surface area contributed by atoms with Crippen molar-refractivity contribution >= 4 is 34.2 Å². The Hall–Kier alpha value is -1.46. The van der Waals surface area contributed by atoms with Crippen molar-refractivity contribution in [3.05, 3.63) is 45.9 Å². The molecule has 3 nitrogen and oxygen atoms in total. The van der Waals surface area contributed by atoms with Crippen LogP contribution in [0.1, 0.15) is 37.0 Å². The molecule has 0 atom stereocenters. The van der Waals surface area contributed by atoms with E-state index in [-0.39, 0.29) is 5.41 Å². The average Bonchev–Trinajstić information content (AvgIpc) is 2.87. The second-order valence-electron chi connectivity index (χ2n) is 6.14. The summed E-state index contributed by atoms with van der Waals surface area (Å²) in [5.41, 5.74) is 8.89. The molecule has 0 aliphatic carbocycles. The van der Waals surface area contributed by atoms with Gasteiger partial charge < -0.3 is 10.6 Å². The molecule has 112 valence electrons. The molecule has 0 fully saturated rings. The summed E-state index contributed by atoms with van der Waals surface area (Å²) in [5, 5.41) is 3.28. The largest absolute Gasteiger partial charge is 0.389 e. The van der Waals surface area contributed by atoms with Crippen molar-refractivity contribution in [3.8, 4) is 0 Å². The van der Waals surface area contributed by atoms with Crippen LogP contribution in [0.15, 0.2) is 29.6 Å². The predicted molar refractivity (Wildman–Crippen MR) is 95.3 cm³/mol. The van der Waals surface area contributed by atoms with Gasteiger partial charge in [-0.1, -0.05) is 33.0 Å². The molecule has 0 spiro atoms.